The van der Waals surface area contributed by atoms with Crippen molar-refractivity contribution in [2.24, 2.45) is 4.40 Å². The van der Waals surface area contributed by atoms with Crippen LogP contribution in [0.25, 0.3) is 0 Å². The highest BCUT2D eigenvalue weighted by Crippen LogP contribution is 2.57. The predicted octanol–water partition coefficient (Wildman–Crippen LogP) is 4.17. The first-order chi connectivity index (χ1) is 11.3. The third-order valence-electron chi connectivity index (χ3n) is 3.33. The Kier molecular flexibility index (Phi) is 4.14. The van der Waals surface area contributed by atoms with Crippen molar-refractivity contribution >= 4 is 45.5 Å². The molecule has 0 unspecified atom stereocenters. The molecule has 7 nitrogen and oxygen atoms in total. The maximum absolute atomic E-state index is 11.4. The van der Waals surface area contributed by atoms with Gasteiger partial charge in [-0.25, -0.2) is 0 Å². The van der Waals surface area contributed by atoms with Gasteiger partial charge in [-0.2, -0.15) is 0 Å². The summed E-state index contributed by atoms with van der Waals surface area (Å²) in [5.41, 5.74) is 1.14. The number of halogens is 1. The molecule has 2 aromatic rings. The minimum atomic E-state index is -3.53. The van der Waals surface area contributed by atoms with E-state index in [4.69, 9.17) is 11.6 Å². The second-order valence-corrected chi connectivity index (χ2v) is 7.24. The average Bonchev–Trinajstić information content (AvgIpc) is 2.48. The standard InChI is InChI=1S/C15H14ClN3O4S/c1-8(20)9-3-2-4-11(5-9)17-15-18-14-12(21)6-10(16)7-13(14)24(22,23)19-15/h2-7,21-23H,1H3,(H2,17,18,19). The summed E-state index contributed by atoms with van der Waals surface area (Å²) in [5.74, 6) is -0.302. The lowest BCUT2D eigenvalue weighted by molar-refractivity contribution is 0.101. The maximum atomic E-state index is 11.4. The molecule has 5 N–H and O–H groups in total. The number of aromatic hydroxyl groups is 1. The summed E-state index contributed by atoms with van der Waals surface area (Å²) in [4.78, 5) is 11.4. The van der Waals surface area contributed by atoms with E-state index in [1.807, 2.05) is 0 Å². The van der Waals surface area contributed by atoms with Crippen molar-refractivity contribution in [1.82, 2.24) is 0 Å². The smallest absolute Gasteiger partial charge is 0.223 e. The molecule has 1 aliphatic heterocycles. The molecule has 126 valence electrons. The SMILES string of the molecule is CC(=O)c1cccc(NC2=NS(O)(O)c3cc(Cl)cc(O)c3N2)c1. The molecule has 0 amide bonds. The van der Waals surface area contributed by atoms with Gasteiger partial charge in [-0.05, 0) is 25.1 Å². The van der Waals surface area contributed by atoms with Crippen molar-refractivity contribution in [1.29, 1.82) is 0 Å². The monoisotopic (exact) mass is 367 g/mol. The number of guanidine groups is 1. The first kappa shape index (κ1) is 16.6. The fraction of sp³-hybridized carbons (Fsp3) is 0.0667. The van der Waals surface area contributed by atoms with Crippen molar-refractivity contribution in [2.75, 3.05) is 10.6 Å². The van der Waals surface area contributed by atoms with E-state index in [-0.39, 0.29) is 33.1 Å². The highest BCUT2D eigenvalue weighted by molar-refractivity contribution is 8.23. The van der Waals surface area contributed by atoms with Gasteiger partial charge in [0.25, 0.3) is 0 Å². The molecule has 0 aromatic heterocycles. The number of hydrogen-bond acceptors (Lipinski definition) is 7. The van der Waals surface area contributed by atoms with Crippen LogP contribution in [0.2, 0.25) is 5.02 Å². The summed E-state index contributed by atoms with van der Waals surface area (Å²) < 4.78 is 24.3. The molecule has 3 rings (SSSR count). The molecule has 0 saturated heterocycles. The summed E-state index contributed by atoms with van der Waals surface area (Å²) in [6.07, 6.45) is 0. The zero-order valence-electron chi connectivity index (χ0n) is 12.4. The number of anilines is 2. The number of Topliss-reactive ketones (excluding diaryl/α,β-unsaturated/α-hetero) is 1. The van der Waals surface area contributed by atoms with E-state index < -0.39 is 10.8 Å². The molecule has 24 heavy (non-hydrogen) atoms. The van der Waals surface area contributed by atoms with Gasteiger partial charge in [0.05, 0.1) is 0 Å². The van der Waals surface area contributed by atoms with Crippen LogP contribution in [0.4, 0.5) is 11.4 Å². The van der Waals surface area contributed by atoms with Crippen LogP contribution in [0.1, 0.15) is 17.3 Å². The zero-order chi connectivity index (χ0) is 17.5. The summed E-state index contributed by atoms with van der Waals surface area (Å²) in [6, 6.07) is 9.26. The number of nitrogens with one attached hydrogen (secondary N) is 2. The quantitative estimate of drug-likeness (QED) is 0.402. The second-order valence-electron chi connectivity index (χ2n) is 5.14. The fourth-order valence-electron chi connectivity index (χ4n) is 2.23. The van der Waals surface area contributed by atoms with Crippen LogP contribution in [0.15, 0.2) is 45.7 Å². The maximum Gasteiger partial charge on any atom is 0.223 e. The Hall–Kier alpha value is -2.26. The molecule has 0 radical (unpaired) electrons. The van der Waals surface area contributed by atoms with E-state index in [0.29, 0.717) is 11.3 Å². The molecule has 0 saturated carbocycles. The van der Waals surface area contributed by atoms with E-state index in [2.05, 4.69) is 15.0 Å². The minimum Gasteiger partial charge on any atom is -0.506 e. The summed E-state index contributed by atoms with van der Waals surface area (Å²) >= 11 is 5.83. The summed E-state index contributed by atoms with van der Waals surface area (Å²) in [5, 5.41) is 15.8. The largest absolute Gasteiger partial charge is 0.506 e. The molecule has 0 atom stereocenters. The van der Waals surface area contributed by atoms with E-state index >= 15 is 0 Å². The summed E-state index contributed by atoms with van der Waals surface area (Å²) in [6.45, 7) is 1.45. The lowest BCUT2D eigenvalue weighted by atomic mass is 10.1. The molecule has 0 spiro atoms. The van der Waals surface area contributed by atoms with Crippen LogP contribution in [-0.2, 0) is 0 Å². The van der Waals surface area contributed by atoms with Gasteiger partial charge in [-0.1, -0.05) is 34.5 Å². The first-order valence-electron chi connectivity index (χ1n) is 6.82. The number of carbonyl (C=O) groups is 1. The predicted molar refractivity (Wildman–Crippen MR) is 95.4 cm³/mol. The topological polar surface area (TPSA) is 114 Å². The van der Waals surface area contributed by atoms with Gasteiger partial charge < -0.3 is 15.7 Å². The number of hydrogen-bond donors (Lipinski definition) is 5. The van der Waals surface area contributed by atoms with Crippen molar-refractivity contribution in [2.45, 2.75) is 11.8 Å². The van der Waals surface area contributed by atoms with E-state index in [1.54, 1.807) is 24.3 Å². The number of benzene rings is 2. The van der Waals surface area contributed by atoms with Crippen molar-refractivity contribution in [3.63, 3.8) is 0 Å². The van der Waals surface area contributed by atoms with Crippen LogP contribution < -0.4 is 10.6 Å². The van der Waals surface area contributed by atoms with Gasteiger partial charge >= 0.3 is 0 Å². The fourth-order valence-corrected chi connectivity index (χ4v) is 3.67. The number of fused-ring (bicyclic) bond motifs is 1. The molecule has 1 heterocycles. The van der Waals surface area contributed by atoms with E-state index in [9.17, 15) is 19.0 Å². The highest BCUT2D eigenvalue weighted by Gasteiger charge is 2.28. The van der Waals surface area contributed by atoms with Crippen LogP contribution >= 0.6 is 22.4 Å². The van der Waals surface area contributed by atoms with Gasteiger partial charge in [-0.15, -0.1) is 4.40 Å². The zero-order valence-corrected chi connectivity index (χ0v) is 14.0. The third kappa shape index (κ3) is 3.17. The molecule has 0 aliphatic carbocycles. The molecule has 9 heteroatoms. The molecule has 0 fully saturated rings. The van der Waals surface area contributed by atoms with Gasteiger partial charge in [-0.3, -0.25) is 13.9 Å². The third-order valence-corrected chi connectivity index (χ3v) is 4.90. The number of carbonyl (C=O) groups excluding carboxylic acids is 1. The van der Waals surface area contributed by atoms with Crippen LogP contribution in [-0.4, -0.2) is 26.0 Å². The molecule has 1 aliphatic rings. The van der Waals surface area contributed by atoms with E-state index in [1.165, 1.54) is 19.1 Å². The Morgan fingerprint density at radius 2 is 2.04 bits per heavy atom. The van der Waals surface area contributed by atoms with Crippen LogP contribution in [0, 0.1) is 0 Å². The first-order valence-corrected chi connectivity index (χ1v) is 8.70. The lowest BCUT2D eigenvalue weighted by Crippen LogP contribution is -2.27. The van der Waals surface area contributed by atoms with Crippen LogP contribution in [0.5, 0.6) is 5.75 Å². The Labute approximate surface area is 144 Å². The Balaban J connectivity index is 1.95. The van der Waals surface area contributed by atoms with Gasteiger partial charge in [0.15, 0.2) is 5.78 Å². The number of ketones is 1. The molecular weight excluding hydrogens is 354 g/mol. The minimum absolute atomic E-state index is 0.00976. The Morgan fingerprint density at radius 3 is 2.75 bits per heavy atom. The number of phenols is 1. The van der Waals surface area contributed by atoms with Crippen LogP contribution in [0.3, 0.4) is 0 Å². The normalized spacial score (nSPS) is 16.4. The Morgan fingerprint density at radius 1 is 1.29 bits per heavy atom. The average molecular weight is 368 g/mol. The lowest BCUT2D eigenvalue weighted by Gasteiger charge is -2.34. The Bertz CT molecular complexity index is 870. The van der Waals surface area contributed by atoms with Gasteiger partial charge in [0, 0.05) is 22.3 Å². The second kappa shape index (κ2) is 5.99. The number of rotatable bonds is 2. The van der Waals surface area contributed by atoms with Crippen molar-refractivity contribution < 1.29 is 19.0 Å². The highest BCUT2D eigenvalue weighted by atomic mass is 35.5. The summed E-state index contributed by atoms with van der Waals surface area (Å²) in [7, 11) is -3.53. The number of nitrogens with zero attached hydrogens (tertiary/aromatic N) is 1. The number of phenolic OH excluding ortho intramolecular Hbond substituents is 1. The molecule has 0 bridgehead atoms. The van der Waals surface area contributed by atoms with E-state index in [0.717, 1.165) is 0 Å². The molecule has 2 aromatic carbocycles. The van der Waals surface area contributed by atoms with Crippen molar-refractivity contribution in [3.8, 4) is 5.75 Å². The van der Waals surface area contributed by atoms with Crippen molar-refractivity contribution in [3.05, 3.63) is 47.0 Å². The molecular formula is C15H14ClN3O4S. The van der Waals surface area contributed by atoms with Gasteiger partial charge in [0.1, 0.15) is 16.3 Å². The van der Waals surface area contributed by atoms with Gasteiger partial charge in [0.2, 0.25) is 5.96 Å².